The second-order valence-corrected chi connectivity index (χ2v) is 9.81. The molecule has 0 N–H and O–H groups in total. The fraction of sp³-hybridized carbons (Fsp3) is 0.633. The summed E-state index contributed by atoms with van der Waals surface area (Å²) in [6.07, 6.45) is 10.3. The zero-order chi connectivity index (χ0) is 26.3. The summed E-state index contributed by atoms with van der Waals surface area (Å²) in [6, 6.07) is 9.02. The van der Waals surface area contributed by atoms with Gasteiger partial charge < -0.3 is 14.0 Å². The molecular weight excluding hydrogens is 452 g/mol. The van der Waals surface area contributed by atoms with E-state index in [0.717, 1.165) is 62.6 Å². The van der Waals surface area contributed by atoms with Gasteiger partial charge in [-0.15, -0.1) is 0 Å². The third kappa shape index (κ3) is 9.44. The molecule has 1 aromatic heterocycles. The van der Waals surface area contributed by atoms with Crippen molar-refractivity contribution in [2.24, 2.45) is 11.8 Å². The maximum Gasteiger partial charge on any atom is 0.329 e. The minimum atomic E-state index is -0.804. The Morgan fingerprint density at radius 2 is 1.47 bits per heavy atom. The van der Waals surface area contributed by atoms with Gasteiger partial charge in [0.1, 0.15) is 11.9 Å². The standard InChI is InChI=1S/C30H46N2O4/c1-6-10-15-24(8-3)21-35-29(33)19-28(30(34)36-22-25(9-4)16-11-7-2)32-20-27(31-23(32)5)26-17-13-12-14-18-26/h12-14,17-18,20,24-25,28H,6-11,15-16,19,21-22H2,1-5H3. The first kappa shape index (κ1) is 29.6. The van der Waals surface area contributed by atoms with E-state index < -0.39 is 12.0 Å². The van der Waals surface area contributed by atoms with E-state index >= 15 is 0 Å². The summed E-state index contributed by atoms with van der Waals surface area (Å²) in [5.74, 6) is 0.562. The SMILES string of the molecule is CCCCC(CC)COC(=O)CC(C(=O)OCC(CC)CCCC)n1cc(-c2ccccc2)nc1C. The first-order valence-corrected chi connectivity index (χ1v) is 13.9. The van der Waals surface area contributed by atoms with E-state index in [0.29, 0.717) is 30.9 Å². The van der Waals surface area contributed by atoms with Crippen LogP contribution in [0.25, 0.3) is 11.3 Å². The molecule has 0 bridgehead atoms. The summed E-state index contributed by atoms with van der Waals surface area (Å²) >= 11 is 0. The van der Waals surface area contributed by atoms with Crippen LogP contribution in [0.15, 0.2) is 36.5 Å². The second-order valence-electron chi connectivity index (χ2n) is 9.81. The number of carbonyl (C=O) groups excluding carboxylic acids is 2. The number of imidazole rings is 1. The number of esters is 2. The molecule has 6 nitrogen and oxygen atoms in total. The number of aromatic nitrogens is 2. The molecule has 0 radical (unpaired) electrons. The summed E-state index contributed by atoms with van der Waals surface area (Å²) in [6.45, 7) is 11.2. The van der Waals surface area contributed by atoms with Crippen LogP contribution < -0.4 is 0 Å². The van der Waals surface area contributed by atoms with Crippen molar-refractivity contribution in [3.63, 3.8) is 0 Å². The van der Waals surface area contributed by atoms with E-state index in [-0.39, 0.29) is 12.4 Å². The van der Waals surface area contributed by atoms with Crippen molar-refractivity contribution >= 4 is 11.9 Å². The molecule has 0 aliphatic carbocycles. The molecule has 2 aromatic rings. The molecule has 0 aliphatic rings. The van der Waals surface area contributed by atoms with Gasteiger partial charge in [-0.05, 0) is 31.6 Å². The lowest BCUT2D eigenvalue weighted by Crippen LogP contribution is -2.28. The van der Waals surface area contributed by atoms with E-state index in [1.807, 2.05) is 43.5 Å². The molecule has 1 aromatic carbocycles. The van der Waals surface area contributed by atoms with Gasteiger partial charge in [-0.2, -0.15) is 0 Å². The number of rotatable bonds is 17. The molecule has 3 unspecified atom stereocenters. The van der Waals surface area contributed by atoms with E-state index in [9.17, 15) is 9.59 Å². The third-order valence-electron chi connectivity index (χ3n) is 6.98. The fourth-order valence-corrected chi connectivity index (χ4v) is 4.36. The molecule has 36 heavy (non-hydrogen) atoms. The first-order chi connectivity index (χ1) is 17.4. The molecule has 0 aliphatic heterocycles. The van der Waals surface area contributed by atoms with Crippen molar-refractivity contribution < 1.29 is 19.1 Å². The number of ether oxygens (including phenoxy) is 2. The maximum absolute atomic E-state index is 13.3. The minimum Gasteiger partial charge on any atom is -0.465 e. The average molecular weight is 499 g/mol. The van der Waals surface area contributed by atoms with E-state index in [1.165, 1.54) is 0 Å². The molecule has 1 heterocycles. The lowest BCUT2D eigenvalue weighted by molar-refractivity contribution is -0.156. The molecule has 3 atom stereocenters. The Bertz CT molecular complexity index is 909. The molecule has 0 spiro atoms. The Morgan fingerprint density at radius 3 is 2.03 bits per heavy atom. The molecular formula is C30H46N2O4. The number of aryl methyl sites for hydroxylation is 1. The number of nitrogens with zero attached hydrogens (tertiary/aromatic N) is 2. The highest BCUT2D eigenvalue weighted by Crippen LogP contribution is 2.25. The van der Waals surface area contributed by atoms with Gasteiger partial charge in [0.25, 0.3) is 0 Å². The predicted octanol–water partition coefficient (Wildman–Crippen LogP) is 7.31. The number of unbranched alkanes of at least 4 members (excludes halogenated alkanes) is 2. The molecule has 0 saturated carbocycles. The highest BCUT2D eigenvalue weighted by Gasteiger charge is 2.29. The van der Waals surface area contributed by atoms with Crippen molar-refractivity contribution in [2.45, 2.75) is 98.4 Å². The topological polar surface area (TPSA) is 70.4 Å². The zero-order valence-electron chi connectivity index (χ0n) is 23.0. The van der Waals surface area contributed by atoms with Crippen LogP contribution >= 0.6 is 0 Å². The minimum absolute atomic E-state index is 0.0692. The maximum atomic E-state index is 13.3. The quantitative estimate of drug-likeness (QED) is 0.214. The van der Waals surface area contributed by atoms with Crippen molar-refractivity contribution in [2.75, 3.05) is 13.2 Å². The Labute approximate surface area is 217 Å². The second kappa shape index (κ2) is 16.2. The largest absolute Gasteiger partial charge is 0.465 e. The van der Waals surface area contributed by atoms with Crippen LogP contribution in [0.2, 0.25) is 0 Å². The van der Waals surface area contributed by atoms with Crippen molar-refractivity contribution in [1.82, 2.24) is 9.55 Å². The summed E-state index contributed by atoms with van der Waals surface area (Å²) in [4.78, 5) is 30.9. The van der Waals surface area contributed by atoms with Crippen LogP contribution in [0, 0.1) is 18.8 Å². The summed E-state index contributed by atoms with van der Waals surface area (Å²) in [5.41, 5.74) is 1.72. The highest BCUT2D eigenvalue weighted by molar-refractivity contribution is 5.81. The lowest BCUT2D eigenvalue weighted by atomic mass is 10.0. The van der Waals surface area contributed by atoms with Crippen molar-refractivity contribution in [3.8, 4) is 11.3 Å². The van der Waals surface area contributed by atoms with Gasteiger partial charge in [-0.1, -0.05) is 96.6 Å². The molecule has 6 heteroatoms. The van der Waals surface area contributed by atoms with Crippen molar-refractivity contribution in [3.05, 3.63) is 42.4 Å². The van der Waals surface area contributed by atoms with E-state index in [1.54, 1.807) is 4.57 Å². The van der Waals surface area contributed by atoms with E-state index in [4.69, 9.17) is 9.47 Å². The summed E-state index contributed by atoms with van der Waals surface area (Å²) in [5, 5.41) is 0. The summed E-state index contributed by atoms with van der Waals surface area (Å²) in [7, 11) is 0. The van der Waals surface area contributed by atoms with Crippen LogP contribution in [0.3, 0.4) is 0 Å². The zero-order valence-corrected chi connectivity index (χ0v) is 23.0. The predicted molar refractivity (Wildman–Crippen MR) is 145 cm³/mol. The highest BCUT2D eigenvalue weighted by atomic mass is 16.5. The first-order valence-electron chi connectivity index (χ1n) is 13.9. The van der Waals surface area contributed by atoms with Gasteiger partial charge in [0.2, 0.25) is 0 Å². The van der Waals surface area contributed by atoms with Crippen LogP contribution in [-0.2, 0) is 19.1 Å². The molecule has 0 saturated heterocycles. The van der Waals surface area contributed by atoms with Gasteiger partial charge >= 0.3 is 11.9 Å². The van der Waals surface area contributed by atoms with Gasteiger partial charge in [0.05, 0.1) is 25.3 Å². The molecule has 0 fully saturated rings. The number of hydrogen-bond donors (Lipinski definition) is 0. The summed E-state index contributed by atoms with van der Waals surface area (Å²) < 4.78 is 13.2. The van der Waals surface area contributed by atoms with Gasteiger partial charge in [-0.3, -0.25) is 4.79 Å². The molecule has 2 rings (SSSR count). The van der Waals surface area contributed by atoms with Crippen LogP contribution in [-0.4, -0.2) is 34.7 Å². The van der Waals surface area contributed by atoms with Crippen molar-refractivity contribution in [1.29, 1.82) is 0 Å². The molecule has 200 valence electrons. The average Bonchev–Trinajstić information content (AvgIpc) is 3.29. The van der Waals surface area contributed by atoms with Gasteiger partial charge in [0.15, 0.2) is 0 Å². The van der Waals surface area contributed by atoms with Crippen LogP contribution in [0.1, 0.15) is 97.3 Å². The Kier molecular flexibility index (Phi) is 13.3. The Hall–Kier alpha value is -2.63. The number of benzene rings is 1. The Morgan fingerprint density at radius 1 is 0.889 bits per heavy atom. The number of carbonyl (C=O) groups is 2. The Balaban J connectivity index is 2.18. The van der Waals surface area contributed by atoms with Gasteiger partial charge in [0, 0.05) is 11.8 Å². The van der Waals surface area contributed by atoms with Gasteiger partial charge in [-0.25, -0.2) is 9.78 Å². The molecule has 0 amide bonds. The smallest absolute Gasteiger partial charge is 0.329 e. The fourth-order valence-electron chi connectivity index (χ4n) is 4.36. The van der Waals surface area contributed by atoms with E-state index in [2.05, 4.69) is 32.7 Å². The van der Waals surface area contributed by atoms with Crippen LogP contribution in [0.4, 0.5) is 0 Å². The third-order valence-corrected chi connectivity index (χ3v) is 6.98. The lowest BCUT2D eigenvalue weighted by Gasteiger charge is -2.21. The van der Waals surface area contributed by atoms with Crippen LogP contribution in [0.5, 0.6) is 0 Å². The normalized spacial score (nSPS) is 13.7. The monoisotopic (exact) mass is 498 g/mol. The number of hydrogen-bond acceptors (Lipinski definition) is 5.